The molecule has 0 fully saturated rings. The number of esters is 1. The zero-order chi connectivity index (χ0) is 13.5. The molecule has 0 saturated heterocycles. The van der Waals surface area contributed by atoms with Crippen LogP contribution in [0.25, 0.3) is 0 Å². The van der Waals surface area contributed by atoms with Gasteiger partial charge in [0, 0.05) is 4.90 Å². The number of sulfone groups is 1. The number of hydrogen-bond acceptors (Lipinski definition) is 6. The first-order valence-corrected chi connectivity index (χ1v) is 7.48. The van der Waals surface area contributed by atoms with E-state index in [2.05, 4.69) is 4.74 Å². The monoisotopic (exact) mass is 286 g/mol. The highest BCUT2D eigenvalue weighted by Gasteiger charge is 2.31. The van der Waals surface area contributed by atoms with E-state index < -0.39 is 26.7 Å². The summed E-state index contributed by atoms with van der Waals surface area (Å²) in [5, 5.41) is -0.410. The molecular formula is C11H10O5S2. The van der Waals surface area contributed by atoms with Crippen molar-refractivity contribution in [2.24, 2.45) is 0 Å². The standard InChI is InChI=1S/C11H10O5S2/c1-6-3-8-9(4-7(6)11(13)16-2)18(14,15)5-10(12)17-8/h3-4H,5H2,1-2H3. The van der Waals surface area contributed by atoms with E-state index in [-0.39, 0.29) is 10.5 Å². The Morgan fingerprint density at radius 1 is 1.39 bits per heavy atom. The molecule has 1 heterocycles. The van der Waals surface area contributed by atoms with Crippen LogP contribution < -0.4 is 0 Å². The van der Waals surface area contributed by atoms with E-state index in [1.165, 1.54) is 19.2 Å². The molecule has 1 aliphatic heterocycles. The van der Waals surface area contributed by atoms with Crippen LogP contribution in [0.15, 0.2) is 21.9 Å². The molecule has 0 amide bonds. The molecule has 0 spiro atoms. The van der Waals surface area contributed by atoms with Gasteiger partial charge < -0.3 is 4.74 Å². The Morgan fingerprint density at radius 3 is 2.67 bits per heavy atom. The largest absolute Gasteiger partial charge is 0.465 e. The van der Waals surface area contributed by atoms with E-state index in [0.717, 1.165) is 11.8 Å². The van der Waals surface area contributed by atoms with Gasteiger partial charge in [-0.1, -0.05) is 0 Å². The van der Waals surface area contributed by atoms with Gasteiger partial charge in [0.15, 0.2) is 9.84 Å². The fourth-order valence-corrected chi connectivity index (χ4v) is 4.68. The van der Waals surface area contributed by atoms with Gasteiger partial charge in [-0.15, -0.1) is 0 Å². The molecule has 18 heavy (non-hydrogen) atoms. The number of carbonyl (C=O) groups is 2. The van der Waals surface area contributed by atoms with Gasteiger partial charge in [0.25, 0.3) is 0 Å². The summed E-state index contributed by atoms with van der Waals surface area (Å²) in [5.74, 6) is -1.12. The SMILES string of the molecule is COC(=O)c1cc2c(cc1C)SC(=O)CS2(=O)=O. The highest BCUT2D eigenvalue weighted by molar-refractivity contribution is 8.16. The van der Waals surface area contributed by atoms with E-state index in [1.54, 1.807) is 6.92 Å². The van der Waals surface area contributed by atoms with Crippen LogP contribution in [-0.2, 0) is 19.4 Å². The van der Waals surface area contributed by atoms with Gasteiger partial charge >= 0.3 is 5.97 Å². The van der Waals surface area contributed by atoms with E-state index in [1.807, 2.05) is 0 Å². The summed E-state index contributed by atoms with van der Waals surface area (Å²) in [7, 11) is -2.42. The third kappa shape index (κ3) is 2.15. The Morgan fingerprint density at radius 2 is 2.06 bits per heavy atom. The predicted octanol–water partition coefficient (Wildman–Crippen LogP) is 1.19. The molecule has 0 unspecified atom stereocenters. The lowest BCUT2D eigenvalue weighted by molar-refractivity contribution is -0.108. The summed E-state index contributed by atoms with van der Waals surface area (Å²) in [6, 6.07) is 2.81. The average molecular weight is 286 g/mol. The lowest BCUT2D eigenvalue weighted by atomic mass is 10.1. The fourth-order valence-electron chi connectivity index (χ4n) is 1.70. The second-order valence-electron chi connectivity index (χ2n) is 3.84. The highest BCUT2D eigenvalue weighted by Crippen LogP contribution is 2.35. The quantitative estimate of drug-likeness (QED) is 0.722. The Bertz CT molecular complexity index is 646. The van der Waals surface area contributed by atoms with Crippen LogP contribution in [0.3, 0.4) is 0 Å². The van der Waals surface area contributed by atoms with Crippen molar-refractivity contribution < 1.29 is 22.7 Å². The van der Waals surface area contributed by atoms with Crippen LogP contribution in [0.4, 0.5) is 0 Å². The highest BCUT2D eigenvalue weighted by atomic mass is 32.2. The molecule has 5 nitrogen and oxygen atoms in total. The van der Waals surface area contributed by atoms with Gasteiger partial charge in [0.1, 0.15) is 5.75 Å². The smallest absolute Gasteiger partial charge is 0.338 e. The number of benzene rings is 1. The van der Waals surface area contributed by atoms with Crippen LogP contribution in [-0.4, -0.2) is 32.4 Å². The molecule has 1 aliphatic rings. The summed E-state index contributed by atoms with van der Waals surface area (Å²) >= 11 is 0.886. The Balaban J connectivity index is 2.68. The molecule has 96 valence electrons. The molecule has 1 aromatic rings. The van der Waals surface area contributed by atoms with Gasteiger partial charge in [-0.25, -0.2) is 13.2 Å². The third-order valence-corrected chi connectivity index (χ3v) is 5.45. The minimum atomic E-state index is -3.65. The number of ether oxygens (including phenoxy) is 1. The van der Waals surface area contributed by atoms with E-state index >= 15 is 0 Å². The number of carbonyl (C=O) groups excluding carboxylic acids is 2. The van der Waals surface area contributed by atoms with Gasteiger partial charge in [0.05, 0.1) is 17.6 Å². The molecule has 0 N–H and O–H groups in total. The summed E-state index contributed by atoms with van der Waals surface area (Å²) in [6.07, 6.45) is 0. The number of fused-ring (bicyclic) bond motifs is 1. The number of thioether (sulfide) groups is 1. The first kappa shape index (κ1) is 13.1. The second kappa shape index (κ2) is 4.40. The molecule has 7 heteroatoms. The first-order chi connectivity index (χ1) is 8.35. The summed E-state index contributed by atoms with van der Waals surface area (Å²) in [6.45, 7) is 1.67. The molecule has 0 radical (unpaired) electrons. The predicted molar refractivity (Wildman–Crippen MR) is 65.4 cm³/mol. The topological polar surface area (TPSA) is 77.5 Å². The van der Waals surface area contributed by atoms with Crippen molar-refractivity contribution in [3.8, 4) is 0 Å². The van der Waals surface area contributed by atoms with Gasteiger partial charge in [0.2, 0.25) is 5.12 Å². The minimum Gasteiger partial charge on any atom is -0.465 e. The van der Waals surface area contributed by atoms with Crippen molar-refractivity contribution in [1.29, 1.82) is 0 Å². The summed E-state index contributed by atoms with van der Waals surface area (Å²) < 4.78 is 28.3. The number of hydrogen-bond donors (Lipinski definition) is 0. The van der Waals surface area contributed by atoms with Crippen LogP contribution >= 0.6 is 11.8 Å². The molecular weight excluding hydrogens is 276 g/mol. The molecule has 0 saturated carbocycles. The second-order valence-corrected chi connectivity index (χ2v) is 6.90. The van der Waals surface area contributed by atoms with Crippen molar-refractivity contribution in [1.82, 2.24) is 0 Å². The van der Waals surface area contributed by atoms with Crippen molar-refractivity contribution in [3.63, 3.8) is 0 Å². The maximum Gasteiger partial charge on any atom is 0.338 e. The summed E-state index contributed by atoms with van der Waals surface area (Å²) in [4.78, 5) is 23.2. The van der Waals surface area contributed by atoms with Crippen molar-refractivity contribution in [2.45, 2.75) is 16.7 Å². The van der Waals surface area contributed by atoms with Crippen LogP contribution in [0.5, 0.6) is 0 Å². The molecule has 0 aliphatic carbocycles. The maximum absolute atomic E-state index is 11.9. The van der Waals surface area contributed by atoms with E-state index in [9.17, 15) is 18.0 Å². The van der Waals surface area contributed by atoms with Crippen LogP contribution in [0, 0.1) is 6.92 Å². The molecule has 0 atom stereocenters. The van der Waals surface area contributed by atoms with Gasteiger partial charge in [-0.05, 0) is 36.4 Å². The normalized spacial score (nSPS) is 17.1. The Kier molecular flexibility index (Phi) is 3.20. The number of aryl methyl sites for hydroxylation is 1. The lowest BCUT2D eigenvalue weighted by Gasteiger charge is -2.16. The van der Waals surface area contributed by atoms with E-state index in [0.29, 0.717) is 10.5 Å². The molecule has 2 rings (SSSR count). The number of methoxy groups -OCH3 is 1. The molecule has 1 aromatic carbocycles. The van der Waals surface area contributed by atoms with Gasteiger partial charge in [-0.3, -0.25) is 4.79 Å². The maximum atomic E-state index is 11.9. The van der Waals surface area contributed by atoms with Crippen molar-refractivity contribution in [3.05, 3.63) is 23.3 Å². The zero-order valence-corrected chi connectivity index (χ0v) is 11.4. The van der Waals surface area contributed by atoms with Crippen LogP contribution in [0.1, 0.15) is 15.9 Å². The Labute approximate surface area is 108 Å². The molecule has 0 bridgehead atoms. The summed E-state index contributed by atoms with van der Waals surface area (Å²) in [5.41, 5.74) is 0.785. The third-order valence-electron chi connectivity index (χ3n) is 2.56. The average Bonchev–Trinajstić information content (AvgIpc) is 2.25. The van der Waals surface area contributed by atoms with Crippen molar-refractivity contribution in [2.75, 3.05) is 12.9 Å². The lowest BCUT2D eigenvalue weighted by Crippen LogP contribution is -2.20. The van der Waals surface area contributed by atoms with E-state index in [4.69, 9.17) is 0 Å². The zero-order valence-electron chi connectivity index (χ0n) is 9.72. The fraction of sp³-hybridized carbons (Fsp3) is 0.273. The first-order valence-electron chi connectivity index (χ1n) is 5.01. The Hall–Kier alpha value is -1.34. The van der Waals surface area contributed by atoms with Crippen LogP contribution in [0.2, 0.25) is 0 Å². The minimum absolute atomic E-state index is 0.0260. The number of rotatable bonds is 1. The van der Waals surface area contributed by atoms with Crippen molar-refractivity contribution >= 4 is 32.7 Å². The molecule has 0 aromatic heterocycles. The van der Waals surface area contributed by atoms with Gasteiger partial charge in [-0.2, -0.15) is 0 Å².